The highest BCUT2D eigenvalue weighted by atomic mass is 16.3. The van der Waals surface area contributed by atoms with Crippen molar-refractivity contribution < 1.29 is 5.11 Å². The molecule has 3 unspecified atom stereocenters. The molecule has 1 aromatic rings. The van der Waals surface area contributed by atoms with Crippen LogP contribution in [-0.2, 0) is 0 Å². The molecule has 3 atom stereocenters. The van der Waals surface area contributed by atoms with Crippen molar-refractivity contribution in [2.24, 2.45) is 11.8 Å². The Morgan fingerprint density at radius 2 is 1.87 bits per heavy atom. The van der Waals surface area contributed by atoms with Gasteiger partial charge in [0.05, 0.1) is 6.10 Å². The van der Waals surface area contributed by atoms with Gasteiger partial charge < -0.3 is 5.11 Å². The molecule has 82 valence electrons. The number of aliphatic hydroxyl groups excluding tert-OH is 1. The Bertz CT molecular complexity index is 315. The average Bonchev–Trinajstić information content (AvgIpc) is 2.65. The second-order valence-corrected chi connectivity index (χ2v) is 5.03. The van der Waals surface area contributed by atoms with Gasteiger partial charge >= 0.3 is 0 Å². The van der Waals surface area contributed by atoms with Crippen molar-refractivity contribution >= 4 is 0 Å². The van der Waals surface area contributed by atoms with Gasteiger partial charge in [-0.3, -0.25) is 0 Å². The van der Waals surface area contributed by atoms with Crippen molar-refractivity contribution in [3.8, 4) is 0 Å². The van der Waals surface area contributed by atoms with Crippen molar-refractivity contribution in [2.75, 3.05) is 0 Å². The van der Waals surface area contributed by atoms with E-state index < -0.39 is 0 Å². The van der Waals surface area contributed by atoms with E-state index in [2.05, 4.69) is 38.1 Å². The van der Waals surface area contributed by atoms with E-state index >= 15 is 0 Å². The second kappa shape index (κ2) is 4.36. The number of hydrogen-bond donors (Lipinski definition) is 1. The summed E-state index contributed by atoms with van der Waals surface area (Å²) in [6, 6.07) is 8.28. The molecule has 0 aliphatic heterocycles. The van der Waals surface area contributed by atoms with Crippen LogP contribution in [0.3, 0.4) is 0 Å². The van der Waals surface area contributed by atoms with Gasteiger partial charge in [-0.15, -0.1) is 0 Å². The van der Waals surface area contributed by atoms with Gasteiger partial charge in [-0.1, -0.05) is 43.2 Å². The topological polar surface area (TPSA) is 20.2 Å². The van der Waals surface area contributed by atoms with Crippen LogP contribution in [0, 0.1) is 18.8 Å². The van der Waals surface area contributed by atoms with Gasteiger partial charge in [-0.05, 0) is 37.2 Å². The summed E-state index contributed by atoms with van der Waals surface area (Å²) in [6.45, 7) is 4.36. The maximum Gasteiger partial charge on any atom is 0.0818 e. The van der Waals surface area contributed by atoms with Gasteiger partial charge in [0.2, 0.25) is 0 Å². The molecule has 0 heterocycles. The minimum absolute atomic E-state index is 0.254. The zero-order valence-electron chi connectivity index (χ0n) is 9.61. The third-order valence-electron chi connectivity index (χ3n) is 3.60. The molecule has 0 amide bonds. The van der Waals surface area contributed by atoms with Crippen LogP contribution in [-0.4, -0.2) is 5.11 Å². The highest BCUT2D eigenvalue weighted by Crippen LogP contribution is 2.38. The Kier molecular flexibility index (Phi) is 3.11. The Morgan fingerprint density at radius 3 is 2.40 bits per heavy atom. The molecule has 0 spiro atoms. The quantitative estimate of drug-likeness (QED) is 0.782. The normalized spacial score (nSPS) is 27.9. The van der Waals surface area contributed by atoms with E-state index in [0.29, 0.717) is 5.92 Å². The molecular weight excluding hydrogens is 184 g/mol. The highest BCUT2D eigenvalue weighted by Gasteiger charge is 2.28. The van der Waals surface area contributed by atoms with Gasteiger partial charge in [-0.25, -0.2) is 0 Å². The monoisotopic (exact) mass is 204 g/mol. The third kappa shape index (κ3) is 2.40. The minimum atomic E-state index is -0.254. The molecule has 1 aliphatic rings. The average molecular weight is 204 g/mol. The Labute approximate surface area is 92.1 Å². The molecule has 1 saturated carbocycles. The van der Waals surface area contributed by atoms with Crippen molar-refractivity contribution in [3.63, 3.8) is 0 Å². The highest BCUT2D eigenvalue weighted by molar-refractivity contribution is 5.23. The lowest BCUT2D eigenvalue weighted by atomic mass is 9.93. The molecule has 1 heteroatoms. The number of benzene rings is 1. The van der Waals surface area contributed by atoms with Gasteiger partial charge in [0.15, 0.2) is 0 Å². The first kappa shape index (κ1) is 10.7. The van der Waals surface area contributed by atoms with Crippen LogP contribution in [0.1, 0.15) is 43.4 Å². The fourth-order valence-corrected chi connectivity index (χ4v) is 2.57. The molecule has 1 aromatic carbocycles. The lowest BCUT2D eigenvalue weighted by Gasteiger charge is -2.18. The third-order valence-corrected chi connectivity index (χ3v) is 3.60. The molecular formula is C14H20O. The first-order valence-corrected chi connectivity index (χ1v) is 5.91. The van der Waals surface area contributed by atoms with Crippen molar-refractivity contribution in [1.82, 2.24) is 0 Å². The van der Waals surface area contributed by atoms with Gasteiger partial charge in [0, 0.05) is 0 Å². The fraction of sp³-hybridized carbons (Fsp3) is 0.571. The summed E-state index contributed by atoms with van der Waals surface area (Å²) in [5, 5.41) is 10.2. The second-order valence-electron chi connectivity index (χ2n) is 5.03. The standard InChI is InChI=1S/C14H20O/c1-10-3-6-12(7-4-10)14(15)13-8-5-11(2)9-13/h3-4,6-7,11,13-15H,5,8-9H2,1-2H3. The predicted molar refractivity (Wildman–Crippen MR) is 62.6 cm³/mol. The SMILES string of the molecule is Cc1ccc(C(O)C2CCC(C)C2)cc1. The number of aliphatic hydroxyl groups is 1. The fourth-order valence-electron chi connectivity index (χ4n) is 2.57. The summed E-state index contributed by atoms with van der Waals surface area (Å²) >= 11 is 0. The molecule has 2 rings (SSSR count). The summed E-state index contributed by atoms with van der Waals surface area (Å²) in [7, 11) is 0. The number of rotatable bonds is 2. The van der Waals surface area contributed by atoms with Gasteiger partial charge in [0.1, 0.15) is 0 Å². The van der Waals surface area contributed by atoms with Crippen molar-refractivity contribution in [1.29, 1.82) is 0 Å². The molecule has 1 nitrogen and oxygen atoms in total. The Hall–Kier alpha value is -0.820. The zero-order chi connectivity index (χ0) is 10.8. The summed E-state index contributed by atoms with van der Waals surface area (Å²) in [6.07, 6.45) is 3.37. The van der Waals surface area contributed by atoms with E-state index in [-0.39, 0.29) is 6.10 Å². The predicted octanol–water partition coefficient (Wildman–Crippen LogP) is 3.46. The van der Waals surface area contributed by atoms with E-state index in [4.69, 9.17) is 0 Å². The smallest absolute Gasteiger partial charge is 0.0818 e. The van der Waals surface area contributed by atoms with Gasteiger partial charge in [-0.2, -0.15) is 0 Å². The van der Waals surface area contributed by atoms with Crippen molar-refractivity contribution in [2.45, 2.75) is 39.2 Å². The summed E-state index contributed by atoms with van der Waals surface area (Å²) < 4.78 is 0. The Balaban J connectivity index is 2.07. The largest absolute Gasteiger partial charge is 0.388 e. The lowest BCUT2D eigenvalue weighted by molar-refractivity contribution is 0.109. The molecule has 0 bridgehead atoms. The lowest BCUT2D eigenvalue weighted by Crippen LogP contribution is -2.09. The van der Waals surface area contributed by atoms with Crippen LogP contribution in [0.2, 0.25) is 0 Å². The van der Waals surface area contributed by atoms with E-state index in [1.54, 1.807) is 0 Å². The van der Waals surface area contributed by atoms with E-state index in [0.717, 1.165) is 11.5 Å². The van der Waals surface area contributed by atoms with Crippen LogP contribution in [0.4, 0.5) is 0 Å². The minimum Gasteiger partial charge on any atom is -0.388 e. The summed E-state index contributed by atoms with van der Waals surface area (Å²) in [5.74, 6) is 1.26. The molecule has 1 N–H and O–H groups in total. The van der Waals surface area contributed by atoms with Crippen molar-refractivity contribution in [3.05, 3.63) is 35.4 Å². The molecule has 0 aromatic heterocycles. The molecule has 0 saturated heterocycles. The van der Waals surface area contributed by atoms with E-state index in [1.165, 1.54) is 24.8 Å². The van der Waals surface area contributed by atoms with Crippen LogP contribution >= 0.6 is 0 Å². The summed E-state index contributed by atoms with van der Waals surface area (Å²) in [4.78, 5) is 0. The Morgan fingerprint density at radius 1 is 1.20 bits per heavy atom. The molecule has 1 aliphatic carbocycles. The van der Waals surface area contributed by atoms with E-state index in [1.807, 2.05) is 0 Å². The zero-order valence-corrected chi connectivity index (χ0v) is 9.61. The van der Waals surface area contributed by atoms with Crippen LogP contribution < -0.4 is 0 Å². The molecule has 1 fully saturated rings. The molecule has 15 heavy (non-hydrogen) atoms. The molecule has 0 radical (unpaired) electrons. The first-order chi connectivity index (χ1) is 7.16. The van der Waals surface area contributed by atoms with Crippen LogP contribution in [0.5, 0.6) is 0 Å². The van der Waals surface area contributed by atoms with Crippen LogP contribution in [0.15, 0.2) is 24.3 Å². The van der Waals surface area contributed by atoms with Crippen LogP contribution in [0.25, 0.3) is 0 Å². The summed E-state index contributed by atoms with van der Waals surface area (Å²) in [5.41, 5.74) is 2.34. The van der Waals surface area contributed by atoms with E-state index in [9.17, 15) is 5.11 Å². The number of aryl methyl sites for hydroxylation is 1. The maximum atomic E-state index is 10.2. The first-order valence-electron chi connectivity index (χ1n) is 5.91. The van der Waals surface area contributed by atoms with Gasteiger partial charge in [0.25, 0.3) is 0 Å². The maximum absolute atomic E-state index is 10.2. The number of hydrogen-bond acceptors (Lipinski definition) is 1.